The van der Waals surface area contributed by atoms with E-state index < -0.39 is 0 Å². The highest BCUT2D eigenvalue weighted by atomic mass is 32.1. The summed E-state index contributed by atoms with van der Waals surface area (Å²) in [6.45, 7) is 7.08. The molecule has 0 radical (unpaired) electrons. The lowest BCUT2D eigenvalue weighted by Gasteiger charge is -2.38. The Bertz CT molecular complexity index is 948. The molecule has 3 heterocycles. The molecule has 0 bridgehead atoms. The molecule has 1 N–H and O–H groups in total. The Morgan fingerprint density at radius 2 is 1.89 bits per heavy atom. The molecule has 1 unspecified atom stereocenters. The normalized spacial score (nSPS) is 17.1. The van der Waals surface area contributed by atoms with Gasteiger partial charge in [0.15, 0.2) is 11.5 Å². The van der Waals surface area contributed by atoms with Gasteiger partial charge in [-0.25, -0.2) is 4.98 Å². The SMILES string of the molecule is CCN1CCN(C(c2ccc(OC)c(OC)c2)c2sc3ncnn3c2O)CC1. The minimum Gasteiger partial charge on any atom is -0.493 e. The van der Waals surface area contributed by atoms with E-state index in [0.29, 0.717) is 16.5 Å². The van der Waals surface area contributed by atoms with E-state index in [0.717, 1.165) is 43.2 Å². The van der Waals surface area contributed by atoms with Crippen molar-refractivity contribution in [2.24, 2.45) is 0 Å². The van der Waals surface area contributed by atoms with Crippen LogP contribution in [0.3, 0.4) is 0 Å². The molecular weight excluding hydrogens is 378 g/mol. The average Bonchev–Trinajstić information content (AvgIpc) is 3.32. The van der Waals surface area contributed by atoms with Crippen LogP contribution in [0.2, 0.25) is 0 Å². The van der Waals surface area contributed by atoms with Crippen molar-refractivity contribution in [1.29, 1.82) is 0 Å². The van der Waals surface area contributed by atoms with Gasteiger partial charge in [-0.15, -0.1) is 0 Å². The van der Waals surface area contributed by atoms with Gasteiger partial charge in [-0.05, 0) is 24.2 Å². The number of likely N-dealkylation sites (N-methyl/N-ethyl adjacent to an activating group) is 1. The van der Waals surface area contributed by atoms with E-state index in [1.165, 1.54) is 22.2 Å². The molecule has 4 rings (SSSR count). The Morgan fingerprint density at radius 1 is 1.14 bits per heavy atom. The lowest BCUT2D eigenvalue weighted by Crippen LogP contribution is -2.47. The van der Waals surface area contributed by atoms with Crippen LogP contribution >= 0.6 is 11.3 Å². The molecule has 0 spiro atoms. The van der Waals surface area contributed by atoms with Crippen molar-refractivity contribution in [3.05, 3.63) is 35.0 Å². The van der Waals surface area contributed by atoms with Crippen LogP contribution in [0.1, 0.15) is 23.4 Å². The van der Waals surface area contributed by atoms with Crippen LogP contribution in [-0.4, -0.2) is 76.4 Å². The lowest BCUT2D eigenvalue weighted by atomic mass is 10.0. The highest BCUT2D eigenvalue weighted by Gasteiger charge is 2.31. The van der Waals surface area contributed by atoms with Crippen molar-refractivity contribution in [3.8, 4) is 17.4 Å². The van der Waals surface area contributed by atoms with E-state index in [9.17, 15) is 5.11 Å². The van der Waals surface area contributed by atoms with Gasteiger partial charge in [0.25, 0.3) is 0 Å². The number of ether oxygens (including phenoxy) is 2. The third kappa shape index (κ3) is 3.30. The van der Waals surface area contributed by atoms with Crippen LogP contribution in [-0.2, 0) is 0 Å². The Kier molecular flexibility index (Phi) is 5.38. The van der Waals surface area contributed by atoms with Crippen LogP contribution in [0.4, 0.5) is 0 Å². The van der Waals surface area contributed by atoms with E-state index in [2.05, 4.69) is 26.8 Å². The molecule has 28 heavy (non-hydrogen) atoms. The van der Waals surface area contributed by atoms with Crippen molar-refractivity contribution in [1.82, 2.24) is 24.4 Å². The van der Waals surface area contributed by atoms with Crippen molar-refractivity contribution in [3.63, 3.8) is 0 Å². The topological polar surface area (TPSA) is 75.4 Å². The van der Waals surface area contributed by atoms with E-state index in [4.69, 9.17) is 9.47 Å². The number of aromatic hydroxyl groups is 1. The number of hydrogen-bond donors (Lipinski definition) is 1. The molecule has 0 saturated carbocycles. The number of nitrogens with zero attached hydrogens (tertiary/aromatic N) is 5. The van der Waals surface area contributed by atoms with Gasteiger partial charge in [0.1, 0.15) is 6.33 Å². The molecule has 2 aromatic heterocycles. The van der Waals surface area contributed by atoms with Gasteiger partial charge in [0.2, 0.25) is 10.8 Å². The first-order chi connectivity index (χ1) is 13.7. The molecule has 1 aliphatic rings. The van der Waals surface area contributed by atoms with E-state index >= 15 is 0 Å². The second kappa shape index (κ2) is 7.94. The van der Waals surface area contributed by atoms with Crippen molar-refractivity contribution in [2.75, 3.05) is 46.9 Å². The lowest BCUT2D eigenvalue weighted by molar-refractivity contribution is 0.113. The highest BCUT2D eigenvalue weighted by Crippen LogP contribution is 2.42. The molecule has 0 amide bonds. The first kappa shape index (κ1) is 19.0. The zero-order valence-electron chi connectivity index (χ0n) is 16.3. The summed E-state index contributed by atoms with van der Waals surface area (Å²) in [7, 11) is 3.27. The summed E-state index contributed by atoms with van der Waals surface area (Å²) >= 11 is 1.47. The first-order valence-electron chi connectivity index (χ1n) is 9.36. The quantitative estimate of drug-likeness (QED) is 0.676. The zero-order chi connectivity index (χ0) is 19.7. The van der Waals surface area contributed by atoms with E-state index in [1.807, 2.05) is 18.2 Å². The van der Waals surface area contributed by atoms with E-state index in [-0.39, 0.29) is 11.9 Å². The van der Waals surface area contributed by atoms with Gasteiger partial charge in [-0.1, -0.05) is 24.3 Å². The number of fused-ring (bicyclic) bond motifs is 1. The molecule has 1 aliphatic heterocycles. The fourth-order valence-electron chi connectivity index (χ4n) is 3.76. The molecule has 9 heteroatoms. The maximum Gasteiger partial charge on any atom is 0.230 e. The standard InChI is InChI=1S/C19H25N5O3S/c1-4-22-7-9-23(10-8-22)16(13-5-6-14(26-2)15(11-13)27-3)17-18(25)24-19(28-17)20-12-21-24/h5-6,11-12,16,25H,4,7-10H2,1-3H3. The van der Waals surface area contributed by atoms with E-state index in [1.54, 1.807) is 14.2 Å². The number of thiazole rings is 1. The predicted molar refractivity (Wildman–Crippen MR) is 108 cm³/mol. The molecule has 1 saturated heterocycles. The molecule has 8 nitrogen and oxygen atoms in total. The van der Waals surface area contributed by atoms with Crippen LogP contribution in [0.15, 0.2) is 24.5 Å². The maximum absolute atomic E-state index is 10.8. The Labute approximate surface area is 167 Å². The van der Waals surface area contributed by atoms with Crippen LogP contribution in [0.5, 0.6) is 17.4 Å². The molecule has 3 aromatic rings. The van der Waals surface area contributed by atoms with Crippen LogP contribution in [0, 0.1) is 0 Å². The number of rotatable bonds is 6. The van der Waals surface area contributed by atoms with Crippen molar-refractivity contribution in [2.45, 2.75) is 13.0 Å². The van der Waals surface area contributed by atoms with Crippen molar-refractivity contribution < 1.29 is 14.6 Å². The Morgan fingerprint density at radius 3 is 2.54 bits per heavy atom. The Balaban J connectivity index is 1.77. The summed E-state index contributed by atoms with van der Waals surface area (Å²) < 4.78 is 12.4. The highest BCUT2D eigenvalue weighted by molar-refractivity contribution is 7.17. The van der Waals surface area contributed by atoms with Gasteiger partial charge >= 0.3 is 0 Å². The summed E-state index contributed by atoms with van der Waals surface area (Å²) in [5.41, 5.74) is 1.04. The summed E-state index contributed by atoms with van der Waals surface area (Å²) in [5, 5.41) is 15.0. The number of piperazine rings is 1. The average molecular weight is 404 g/mol. The summed E-state index contributed by atoms with van der Waals surface area (Å²) in [4.78, 5) is 10.6. The molecule has 1 fully saturated rings. The monoisotopic (exact) mass is 403 g/mol. The summed E-state index contributed by atoms with van der Waals surface area (Å²) in [5.74, 6) is 1.51. The largest absolute Gasteiger partial charge is 0.493 e. The number of hydrogen-bond acceptors (Lipinski definition) is 8. The zero-order valence-corrected chi connectivity index (χ0v) is 17.1. The second-order valence-electron chi connectivity index (χ2n) is 6.73. The maximum atomic E-state index is 10.8. The minimum absolute atomic E-state index is 0.104. The van der Waals surface area contributed by atoms with Gasteiger partial charge in [-0.2, -0.15) is 9.61 Å². The molecular formula is C19H25N5O3S. The second-order valence-corrected chi connectivity index (χ2v) is 7.74. The molecule has 150 valence electrons. The van der Waals surface area contributed by atoms with Gasteiger partial charge in [0, 0.05) is 26.2 Å². The first-order valence-corrected chi connectivity index (χ1v) is 10.2. The minimum atomic E-state index is -0.104. The third-order valence-corrected chi connectivity index (χ3v) is 6.42. The van der Waals surface area contributed by atoms with Gasteiger partial charge in [0.05, 0.1) is 25.1 Å². The van der Waals surface area contributed by atoms with Gasteiger partial charge in [-0.3, -0.25) is 4.90 Å². The number of aromatic nitrogens is 3. The van der Waals surface area contributed by atoms with Crippen LogP contribution < -0.4 is 9.47 Å². The van der Waals surface area contributed by atoms with Crippen molar-refractivity contribution >= 4 is 16.3 Å². The Hall–Kier alpha value is -2.36. The molecule has 1 aromatic carbocycles. The number of methoxy groups -OCH3 is 2. The molecule has 0 aliphatic carbocycles. The summed E-state index contributed by atoms with van der Waals surface area (Å²) in [6, 6.07) is 5.84. The summed E-state index contributed by atoms with van der Waals surface area (Å²) in [6.07, 6.45) is 1.46. The number of benzene rings is 1. The molecule has 1 atom stereocenters. The predicted octanol–water partition coefficient (Wildman–Crippen LogP) is 2.24. The third-order valence-electron chi connectivity index (χ3n) is 5.33. The fourth-order valence-corrected chi connectivity index (χ4v) is 4.85. The smallest absolute Gasteiger partial charge is 0.230 e. The fraction of sp³-hybridized carbons (Fsp3) is 0.474. The van der Waals surface area contributed by atoms with Gasteiger partial charge < -0.3 is 19.5 Å². The van der Waals surface area contributed by atoms with Crippen LogP contribution in [0.25, 0.3) is 4.96 Å².